The van der Waals surface area contributed by atoms with Gasteiger partial charge in [0.25, 0.3) is 0 Å². The number of carbonyl (C=O) groups excluding carboxylic acids is 1. The van der Waals surface area contributed by atoms with Gasteiger partial charge in [-0.3, -0.25) is 47.3 Å². The van der Waals surface area contributed by atoms with Gasteiger partial charge in [-0.25, -0.2) is 0 Å². The van der Waals surface area contributed by atoms with Crippen LogP contribution in [0.5, 0.6) is 0 Å². The van der Waals surface area contributed by atoms with Crippen molar-refractivity contribution >= 4 is 5.78 Å². The summed E-state index contributed by atoms with van der Waals surface area (Å²) in [6.45, 7) is 6.86. The summed E-state index contributed by atoms with van der Waals surface area (Å²) in [7, 11) is 0. The molecule has 14 heteroatoms. The van der Waals surface area contributed by atoms with E-state index >= 15 is 0 Å². The third-order valence-electron chi connectivity index (χ3n) is 25.0. The van der Waals surface area contributed by atoms with Crippen molar-refractivity contribution in [1.82, 2.24) is 63.8 Å². The lowest BCUT2D eigenvalue weighted by Gasteiger charge is -2.61. The van der Waals surface area contributed by atoms with Gasteiger partial charge >= 0.3 is 0 Å². The molecule has 5 saturated heterocycles. The van der Waals surface area contributed by atoms with Crippen LogP contribution in [-0.2, 0) is 30.5 Å². The number of fused-ring (bicyclic) bond motifs is 24. The molecule has 13 N–H and O–H groups in total. The second-order valence-electron chi connectivity index (χ2n) is 29.4. The molecule has 24 atom stereocenters. The molecule has 0 spiro atoms. The molecule has 0 amide bonds. The Morgan fingerprint density at radius 2 is 0.575 bits per heavy atom. The SMILES string of the molecule is CC(=O)/C=C(/C)O.c1ccc2c(c1)CCNC2C1C2C3NC4NC(NC5NC(NC6NC(NC(N3)C2C(C2NCCc3ccccc32)C(C2NCCc3ccccc32)C1C1NCCc2ccccc21)C1CCCCC61)C1CCCCC51)C1CCCCC41. The highest BCUT2D eigenvalue weighted by Gasteiger charge is 2.66. The van der Waals surface area contributed by atoms with E-state index in [1.165, 1.54) is 130 Å². The first kappa shape index (κ1) is 57.7. The highest BCUT2D eigenvalue weighted by Crippen LogP contribution is 2.64. The second kappa shape index (κ2) is 24.7. The van der Waals surface area contributed by atoms with Gasteiger partial charge in [0.1, 0.15) is 0 Å². The van der Waals surface area contributed by atoms with Crippen LogP contribution >= 0.6 is 0 Å². The van der Waals surface area contributed by atoms with E-state index in [1.807, 2.05) is 0 Å². The van der Waals surface area contributed by atoms with Gasteiger partial charge in [-0.15, -0.1) is 0 Å². The normalized spacial score (nSPS) is 42.7. The maximum absolute atomic E-state index is 10.0. The number of aliphatic hydroxyl groups excluding tert-OH is 1. The molecule has 8 bridgehead atoms. The van der Waals surface area contributed by atoms with Crippen LogP contribution in [0, 0.1) is 71.0 Å². The van der Waals surface area contributed by atoms with Crippen LogP contribution in [-0.4, -0.2) is 86.4 Å². The van der Waals surface area contributed by atoms with Crippen LogP contribution in [0.2, 0.25) is 0 Å². The molecule has 9 aliphatic heterocycles. The van der Waals surface area contributed by atoms with Gasteiger partial charge in [-0.05, 0) is 220 Å². The second-order valence-corrected chi connectivity index (χ2v) is 29.4. The van der Waals surface area contributed by atoms with Gasteiger partial charge in [0.2, 0.25) is 0 Å². The Morgan fingerprint density at radius 3 is 0.816 bits per heavy atom. The monoisotopic (exact) mass is 1180 g/mol. The van der Waals surface area contributed by atoms with E-state index in [0.717, 1.165) is 51.9 Å². The first-order chi connectivity index (χ1) is 42.8. The number of rotatable bonds is 5. The van der Waals surface area contributed by atoms with Crippen molar-refractivity contribution in [3.63, 3.8) is 0 Å². The molecule has 4 aliphatic carbocycles. The number of hydrogen-bond donors (Lipinski definition) is 13. The van der Waals surface area contributed by atoms with E-state index in [4.69, 9.17) is 21.1 Å². The van der Waals surface area contributed by atoms with Gasteiger partial charge in [0, 0.05) is 30.2 Å². The maximum atomic E-state index is 10.0. The molecule has 13 aliphatic rings. The van der Waals surface area contributed by atoms with E-state index in [9.17, 15) is 4.79 Å². The summed E-state index contributed by atoms with van der Waals surface area (Å²) in [5.41, 5.74) is 12.3. The molecular formula is C73H100N12O2. The molecule has 0 radical (unpaired) electrons. The summed E-state index contributed by atoms with van der Waals surface area (Å²) in [5.74, 6) is 5.21. The topological polar surface area (TPSA) is 182 Å². The number of ketones is 1. The molecule has 9 fully saturated rings. The third kappa shape index (κ3) is 10.6. The Hall–Kier alpha value is -4.39. The minimum absolute atomic E-state index is 0.0625. The molecular weight excluding hydrogens is 1080 g/mol. The van der Waals surface area contributed by atoms with Crippen molar-refractivity contribution in [2.45, 2.75) is 190 Å². The van der Waals surface area contributed by atoms with Crippen LogP contribution in [0.4, 0.5) is 0 Å². The molecule has 464 valence electrons. The zero-order valence-electron chi connectivity index (χ0n) is 51.7. The summed E-state index contributed by atoms with van der Waals surface area (Å²) in [6, 6.07) is 39.4. The maximum Gasteiger partial charge on any atom is 0.155 e. The third-order valence-corrected chi connectivity index (χ3v) is 25.0. The van der Waals surface area contributed by atoms with Crippen LogP contribution in [0.1, 0.15) is 160 Å². The predicted octanol–water partition coefficient (Wildman–Crippen LogP) is 8.10. The number of allylic oxidation sites excluding steroid dienone is 2. The molecule has 4 aromatic rings. The fourth-order valence-electron chi connectivity index (χ4n) is 21.9. The van der Waals surface area contributed by atoms with Crippen LogP contribution in [0.15, 0.2) is 109 Å². The van der Waals surface area contributed by atoms with Gasteiger partial charge in [-0.2, -0.15) is 0 Å². The Kier molecular flexibility index (Phi) is 16.4. The number of hydrogen-bond acceptors (Lipinski definition) is 14. The van der Waals surface area contributed by atoms with Crippen molar-refractivity contribution < 1.29 is 9.90 Å². The van der Waals surface area contributed by atoms with Gasteiger partial charge in [-0.1, -0.05) is 136 Å². The Balaban J connectivity index is 0.000000827. The predicted molar refractivity (Wildman–Crippen MR) is 343 cm³/mol. The molecule has 0 aromatic heterocycles. The minimum Gasteiger partial charge on any atom is -0.512 e. The van der Waals surface area contributed by atoms with E-state index in [1.54, 1.807) is 11.1 Å². The molecule has 17 rings (SSSR count). The summed E-state index contributed by atoms with van der Waals surface area (Å²) >= 11 is 0. The fraction of sp³-hybridized carbons (Fsp3) is 0.630. The summed E-state index contributed by atoms with van der Waals surface area (Å²) in [5, 5.41) is 62.8. The number of aliphatic hydroxyl groups is 1. The van der Waals surface area contributed by atoms with Crippen molar-refractivity contribution in [2.75, 3.05) is 26.2 Å². The number of nitrogens with one attached hydrogen (secondary N) is 12. The molecule has 4 saturated carbocycles. The van der Waals surface area contributed by atoms with Crippen LogP contribution in [0.25, 0.3) is 0 Å². The smallest absolute Gasteiger partial charge is 0.155 e. The van der Waals surface area contributed by atoms with Crippen LogP contribution in [0.3, 0.4) is 0 Å². The molecule has 14 nitrogen and oxygen atoms in total. The first-order valence-corrected chi connectivity index (χ1v) is 35.0. The lowest BCUT2D eigenvalue weighted by atomic mass is 9.48. The first-order valence-electron chi connectivity index (χ1n) is 35.0. The quantitative estimate of drug-likeness (QED) is 0.0681. The fourth-order valence-corrected chi connectivity index (χ4v) is 21.9. The van der Waals surface area contributed by atoms with Gasteiger partial charge < -0.3 is 26.4 Å². The van der Waals surface area contributed by atoms with Gasteiger partial charge in [0.15, 0.2) is 5.78 Å². The standard InChI is InChI=1S/C68H92N12.C5H8O2/c1-5-19-41-37(15-1)29-33-69-57(41)51-52(58-42-20-6-2-16-38(42)30-34-70-58)54(60-44-22-8-4-18-40(44)32-36-72-60)56-55(53(51)59-43-21-7-3-17-39(43)31-35-71-59)67-78-65-49-27-13-11-25-47(49)63(76-65)74-61-45-23-9-10-24-46(45)62(73-61)75-64-48-26-12-14-28-50(48)66(77-64)79-68(56)80-67;1-4(6)3-5(2)7/h1-8,15-22,45-80H,9-14,23-36H2;3,6H,1-2H3/b;4-3-. The van der Waals surface area contributed by atoms with Crippen molar-refractivity contribution in [3.05, 3.63) is 153 Å². The molecule has 4 aromatic carbocycles. The summed E-state index contributed by atoms with van der Waals surface area (Å²) in [6.07, 6.45) is 23.0. The van der Waals surface area contributed by atoms with Crippen LogP contribution < -0.4 is 63.8 Å². The summed E-state index contributed by atoms with van der Waals surface area (Å²) in [4.78, 5) is 10.0. The number of benzene rings is 4. The van der Waals surface area contributed by atoms with Crippen molar-refractivity contribution in [3.8, 4) is 0 Å². The van der Waals surface area contributed by atoms with Crippen molar-refractivity contribution in [1.29, 1.82) is 0 Å². The Bertz CT molecular complexity index is 2940. The van der Waals surface area contributed by atoms with E-state index in [0.29, 0.717) is 47.8 Å². The lowest BCUT2D eigenvalue weighted by molar-refractivity contribution is -0.112. The lowest BCUT2D eigenvalue weighted by Crippen LogP contribution is -2.64. The Morgan fingerprint density at radius 1 is 0.345 bits per heavy atom. The van der Waals surface area contributed by atoms with Crippen molar-refractivity contribution in [2.24, 2.45) is 71.0 Å². The average Bonchev–Trinajstić information content (AvgIpc) is 1.73. The zero-order chi connectivity index (χ0) is 58.3. The average molecular weight is 1180 g/mol. The number of carbonyl (C=O) groups is 1. The van der Waals surface area contributed by atoms with E-state index in [2.05, 4.69) is 145 Å². The summed E-state index contributed by atoms with van der Waals surface area (Å²) < 4.78 is 0. The molecule has 24 unspecified atom stereocenters. The largest absolute Gasteiger partial charge is 0.512 e. The van der Waals surface area contributed by atoms with Gasteiger partial charge in [0.05, 0.1) is 55.1 Å². The highest BCUT2D eigenvalue weighted by atomic mass is 16.3. The molecule has 87 heavy (non-hydrogen) atoms. The zero-order valence-corrected chi connectivity index (χ0v) is 51.7. The Labute approximate surface area is 517 Å². The van der Waals surface area contributed by atoms with E-state index < -0.39 is 0 Å². The highest BCUT2D eigenvalue weighted by molar-refractivity contribution is 5.87. The minimum atomic E-state index is -0.125. The molecule has 9 heterocycles. The van der Waals surface area contributed by atoms with E-state index in [-0.39, 0.29) is 108 Å².